The highest BCUT2D eigenvalue weighted by Gasteiger charge is 2.31. The van der Waals surface area contributed by atoms with E-state index in [-0.39, 0.29) is 17.7 Å². The molecule has 27 heavy (non-hydrogen) atoms. The van der Waals surface area contributed by atoms with E-state index in [2.05, 4.69) is 11.9 Å². The molecular weight excluding hydrogens is 360 g/mol. The number of sulfone groups is 1. The summed E-state index contributed by atoms with van der Waals surface area (Å²) in [5, 5.41) is 3.90. The van der Waals surface area contributed by atoms with Gasteiger partial charge in [-0.15, -0.1) is 6.58 Å². The predicted molar refractivity (Wildman–Crippen MR) is 105 cm³/mol. The zero-order valence-corrected chi connectivity index (χ0v) is 15.6. The Kier molecular flexibility index (Phi) is 4.36. The van der Waals surface area contributed by atoms with Crippen molar-refractivity contribution in [3.8, 4) is 0 Å². The monoisotopic (exact) mass is 380 g/mol. The van der Waals surface area contributed by atoms with Crippen LogP contribution in [0.3, 0.4) is 0 Å². The molecule has 1 aliphatic heterocycles. The van der Waals surface area contributed by atoms with Crippen molar-refractivity contribution in [2.24, 2.45) is 0 Å². The van der Waals surface area contributed by atoms with Crippen molar-refractivity contribution < 1.29 is 13.2 Å². The molecule has 0 fully saturated rings. The fraction of sp³-hybridized carbons (Fsp3) is 0.190. The van der Waals surface area contributed by atoms with E-state index in [1.165, 1.54) is 0 Å². The maximum atomic E-state index is 13.0. The number of carbonyl (C=O) groups excluding carboxylic acids is 1. The number of rotatable bonds is 4. The maximum absolute atomic E-state index is 13.0. The minimum absolute atomic E-state index is 0.0349. The molecule has 0 bridgehead atoms. The van der Waals surface area contributed by atoms with E-state index in [1.807, 2.05) is 35.0 Å². The molecule has 6 heteroatoms. The van der Waals surface area contributed by atoms with Gasteiger partial charge < -0.3 is 9.88 Å². The highest BCUT2D eigenvalue weighted by molar-refractivity contribution is 7.91. The number of aromatic nitrogens is 1. The molecular formula is C21H20N2O3S. The maximum Gasteiger partial charge on any atom is 0.253 e. The first-order chi connectivity index (χ1) is 13.0. The second-order valence-electron chi connectivity index (χ2n) is 6.67. The highest BCUT2D eigenvalue weighted by atomic mass is 32.2. The number of hydrogen-bond acceptors (Lipinski definition) is 3. The lowest BCUT2D eigenvalue weighted by atomic mass is 10.0. The normalized spacial score (nSPS) is 18.0. The summed E-state index contributed by atoms with van der Waals surface area (Å²) < 4.78 is 26.6. The van der Waals surface area contributed by atoms with Crippen LogP contribution in [-0.4, -0.2) is 24.6 Å². The lowest BCUT2D eigenvalue weighted by Crippen LogP contribution is -2.33. The minimum Gasteiger partial charge on any atom is -0.345 e. The van der Waals surface area contributed by atoms with Crippen LogP contribution in [-0.2, 0) is 16.4 Å². The Hall–Kier alpha value is -2.86. The Balaban J connectivity index is 1.70. The quantitative estimate of drug-likeness (QED) is 0.705. The zero-order valence-electron chi connectivity index (χ0n) is 14.8. The highest BCUT2D eigenvalue weighted by Crippen LogP contribution is 2.32. The number of nitrogens with zero attached hydrogens (tertiary/aromatic N) is 1. The molecule has 138 valence electrons. The molecule has 1 aliphatic rings. The van der Waals surface area contributed by atoms with Gasteiger partial charge in [0.15, 0.2) is 9.84 Å². The van der Waals surface area contributed by atoms with Crippen molar-refractivity contribution in [1.29, 1.82) is 0 Å². The van der Waals surface area contributed by atoms with Crippen LogP contribution in [0.1, 0.15) is 28.4 Å². The SMILES string of the molecule is C=CCn1cc(C(=O)N[C@H]2CCS(=O)(=O)c3ccccc32)c2ccccc21. The summed E-state index contributed by atoms with van der Waals surface area (Å²) in [5.74, 6) is -0.166. The molecule has 1 N–H and O–H groups in total. The van der Waals surface area contributed by atoms with Crippen molar-refractivity contribution in [1.82, 2.24) is 9.88 Å². The van der Waals surface area contributed by atoms with Crippen LogP contribution in [0.15, 0.2) is 72.3 Å². The van der Waals surface area contributed by atoms with E-state index in [0.29, 0.717) is 29.0 Å². The first-order valence-corrected chi connectivity index (χ1v) is 10.5. The summed E-state index contributed by atoms with van der Waals surface area (Å²) in [6.07, 6.45) is 3.99. The van der Waals surface area contributed by atoms with Gasteiger partial charge >= 0.3 is 0 Å². The standard InChI is InChI=1S/C21H20N2O3S/c1-2-12-23-14-17(15-7-3-5-9-19(15)23)21(24)22-18-11-13-27(25,26)20-10-6-4-8-16(18)20/h2-10,14,18H,1,11-13H2,(H,22,24)/t18-/m0/s1. The molecule has 0 radical (unpaired) electrons. The summed E-state index contributed by atoms with van der Waals surface area (Å²) in [5.41, 5.74) is 2.21. The van der Waals surface area contributed by atoms with Crippen molar-refractivity contribution in [2.45, 2.75) is 23.9 Å². The number of fused-ring (bicyclic) bond motifs is 2. The number of amides is 1. The minimum atomic E-state index is -3.28. The first-order valence-electron chi connectivity index (χ1n) is 8.82. The van der Waals surface area contributed by atoms with Crippen LogP contribution in [0, 0.1) is 0 Å². The van der Waals surface area contributed by atoms with Gasteiger partial charge in [-0.05, 0) is 24.1 Å². The van der Waals surface area contributed by atoms with Gasteiger partial charge in [-0.25, -0.2) is 8.42 Å². The Morgan fingerprint density at radius 1 is 1.19 bits per heavy atom. The number of nitrogens with one attached hydrogen (secondary N) is 1. The number of hydrogen-bond donors (Lipinski definition) is 1. The van der Waals surface area contributed by atoms with Gasteiger partial charge in [-0.1, -0.05) is 42.5 Å². The van der Waals surface area contributed by atoms with Crippen molar-refractivity contribution >= 4 is 26.6 Å². The molecule has 1 atom stereocenters. The average molecular weight is 380 g/mol. The molecule has 0 aliphatic carbocycles. The molecule has 1 aromatic heterocycles. The predicted octanol–water partition coefficient (Wildman–Crippen LogP) is 3.48. The Morgan fingerprint density at radius 3 is 2.74 bits per heavy atom. The summed E-state index contributed by atoms with van der Waals surface area (Å²) in [6, 6.07) is 14.3. The molecule has 2 heterocycles. The molecule has 0 spiro atoms. The van der Waals surface area contributed by atoms with Gasteiger partial charge in [0.2, 0.25) is 0 Å². The van der Waals surface area contributed by atoms with Gasteiger partial charge in [-0.3, -0.25) is 4.79 Å². The lowest BCUT2D eigenvalue weighted by molar-refractivity contribution is 0.0936. The second-order valence-corrected chi connectivity index (χ2v) is 8.75. The van der Waals surface area contributed by atoms with Crippen LogP contribution >= 0.6 is 0 Å². The molecule has 3 aromatic rings. The third-order valence-corrected chi connectivity index (χ3v) is 6.78. The van der Waals surface area contributed by atoms with Crippen molar-refractivity contribution in [3.63, 3.8) is 0 Å². The van der Waals surface area contributed by atoms with E-state index < -0.39 is 9.84 Å². The van der Waals surface area contributed by atoms with Crippen molar-refractivity contribution in [2.75, 3.05) is 5.75 Å². The number of para-hydroxylation sites is 1. The van der Waals surface area contributed by atoms with E-state index >= 15 is 0 Å². The van der Waals surface area contributed by atoms with Crippen LogP contribution in [0.4, 0.5) is 0 Å². The molecule has 0 saturated carbocycles. The van der Waals surface area contributed by atoms with Crippen LogP contribution in [0.25, 0.3) is 10.9 Å². The zero-order chi connectivity index (χ0) is 19.0. The number of allylic oxidation sites excluding steroid dienone is 1. The molecule has 2 aromatic carbocycles. The third kappa shape index (κ3) is 3.06. The summed E-state index contributed by atoms with van der Waals surface area (Å²) >= 11 is 0. The molecule has 5 nitrogen and oxygen atoms in total. The van der Waals surface area contributed by atoms with Gasteiger partial charge in [0.25, 0.3) is 5.91 Å². The summed E-state index contributed by atoms with van der Waals surface area (Å²) in [4.78, 5) is 13.3. The molecule has 0 unspecified atom stereocenters. The number of carbonyl (C=O) groups is 1. The fourth-order valence-electron chi connectivity index (χ4n) is 3.69. The second kappa shape index (κ2) is 6.70. The van der Waals surface area contributed by atoms with Crippen LogP contribution < -0.4 is 5.32 Å². The van der Waals surface area contributed by atoms with E-state index in [4.69, 9.17) is 0 Å². The summed E-state index contributed by atoms with van der Waals surface area (Å²) in [7, 11) is -3.28. The van der Waals surface area contributed by atoms with Gasteiger partial charge in [-0.2, -0.15) is 0 Å². The van der Waals surface area contributed by atoms with Crippen molar-refractivity contribution in [3.05, 3.63) is 78.5 Å². The smallest absolute Gasteiger partial charge is 0.253 e. The first kappa shape index (κ1) is 17.5. The van der Waals surface area contributed by atoms with E-state index in [1.54, 1.807) is 30.3 Å². The fourth-order valence-corrected chi connectivity index (χ4v) is 5.32. The molecule has 0 saturated heterocycles. The topological polar surface area (TPSA) is 68.2 Å². The van der Waals surface area contributed by atoms with Gasteiger partial charge in [0.1, 0.15) is 0 Å². The van der Waals surface area contributed by atoms with Gasteiger partial charge in [0, 0.05) is 23.6 Å². The Bertz CT molecular complexity index is 1150. The molecule has 1 amide bonds. The Morgan fingerprint density at radius 2 is 1.93 bits per heavy atom. The van der Waals surface area contributed by atoms with Gasteiger partial charge in [0.05, 0.1) is 22.3 Å². The van der Waals surface area contributed by atoms with E-state index in [0.717, 1.165) is 10.9 Å². The summed E-state index contributed by atoms with van der Waals surface area (Å²) in [6.45, 7) is 4.38. The third-order valence-electron chi connectivity index (χ3n) is 4.97. The van der Waals surface area contributed by atoms with E-state index in [9.17, 15) is 13.2 Å². The van der Waals surface area contributed by atoms with Crippen LogP contribution in [0.5, 0.6) is 0 Å². The lowest BCUT2D eigenvalue weighted by Gasteiger charge is -2.26. The molecule has 4 rings (SSSR count). The number of benzene rings is 2. The largest absolute Gasteiger partial charge is 0.345 e. The van der Waals surface area contributed by atoms with Crippen LogP contribution in [0.2, 0.25) is 0 Å². The Labute approximate surface area is 158 Å². The average Bonchev–Trinajstić information content (AvgIpc) is 3.04.